The number of hydrogen-bond acceptors (Lipinski definition) is 10. The molecular weight excluding hydrogens is 603 g/mol. The average molecular weight is 650 g/mol. The SMILES string of the molecule is CC(C)(C)[Si](C)(C)O[C@@H]1[C@H](O[P+](=O)O)[C@@H](CO)O[C@H]1n1cnc2c(NC(=O)c3ccccc3)ncnc21.CCN(CC)CC. The van der Waals surface area contributed by atoms with Gasteiger partial charge in [0.15, 0.2) is 37.6 Å². The Labute approximate surface area is 261 Å². The van der Waals surface area contributed by atoms with Crippen molar-refractivity contribution in [2.24, 2.45) is 0 Å². The molecule has 1 saturated heterocycles. The van der Waals surface area contributed by atoms with E-state index in [0.29, 0.717) is 16.7 Å². The number of fused-ring (bicyclic) bond motifs is 1. The molecule has 3 aromatic rings. The number of benzene rings is 1. The van der Waals surface area contributed by atoms with Crippen LogP contribution in [0.25, 0.3) is 11.2 Å². The van der Waals surface area contributed by atoms with Crippen molar-refractivity contribution in [3.63, 3.8) is 0 Å². The molecule has 44 heavy (non-hydrogen) atoms. The van der Waals surface area contributed by atoms with Crippen molar-refractivity contribution in [3.8, 4) is 0 Å². The van der Waals surface area contributed by atoms with E-state index in [1.165, 1.54) is 32.3 Å². The molecule has 3 N–H and O–H groups in total. The average Bonchev–Trinajstić information content (AvgIpc) is 3.55. The smallest absolute Gasteiger partial charge is 0.406 e. The Bertz CT molecular complexity index is 1380. The molecule has 15 heteroatoms. The van der Waals surface area contributed by atoms with Gasteiger partial charge in [-0.2, -0.15) is 0 Å². The number of amides is 1. The lowest BCUT2D eigenvalue weighted by molar-refractivity contribution is -0.0487. The maximum absolute atomic E-state index is 12.7. The van der Waals surface area contributed by atoms with Gasteiger partial charge < -0.3 is 24.5 Å². The summed E-state index contributed by atoms with van der Waals surface area (Å²) >= 11 is 0. The summed E-state index contributed by atoms with van der Waals surface area (Å²) in [5, 5.41) is 12.6. The first kappa shape index (κ1) is 35.8. The summed E-state index contributed by atoms with van der Waals surface area (Å²) < 4.78 is 31.3. The number of aliphatic hydroxyl groups excluding tert-OH is 1. The van der Waals surface area contributed by atoms with Crippen LogP contribution >= 0.6 is 8.25 Å². The van der Waals surface area contributed by atoms with Crippen LogP contribution in [0.1, 0.15) is 58.1 Å². The Morgan fingerprint density at radius 3 is 2.25 bits per heavy atom. The molecule has 13 nitrogen and oxygen atoms in total. The number of carbonyl (C=O) groups excluding carboxylic acids is 1. The number of aromatic nitrogens is 4. The molecule has 0 spiro atoms. The zero-order chi connectivity index (χ0) is 32.7. The topological polar surface area (TPSA) is 161 Å². The summed E-state index contributed by atoms with van der Waals surface area (Å²) in [5.41, 5.74) is 1.12. The van der Waals surface area contributed by atoms with Gasteiger partial charge in [0.2, 0.25) is 0 Å². The molecule has 4 rings (SSSR count). The van der Waals surface area contributed by atoms with E-state index in [2.05, 4.69) is 66.7 Å². The largest absolute Gasteiger partial charge is 0.695 e. The molecule has 0 radical (unpaired) electrons. The molecule has 0 aliphatic carbocycles. The number of ether oxygens (including phenoxy) is 1. The first-order valence-corrected chi connectivity index (χ1v) is 18.8. The lowest BCUT2D eigenvalue weighted by Crippen LogP contribution is -2.49. The van der Waals surface area contributed by atoms with Gasteiger partial charge in [-0.1, -0.05) is 59.7 Å². The van der Waals surface area contributed by atoms with E-state index in [0.717, 1.165) is 0 Å². The molecule has 1 aromatic carbocycles. The van der Waals surface area contributed by atoms with Gasteiger partial charge in [-0.3, -0.25) is 9.36 Å². The Hall–Kier alpha value is -2.68. The van der Waals surface area contributed by atoms with Gasteiger partial charge >= 0.3 is 8.25 Å². The van der Waals surface area contributed by atoms with Gasteiger partial charge in [-0.15, -0.1) is 9.42 Å². The van der Waals surface area contributed by atoms with Crippen molar-refractivity contribution in [2.75, 3.05) is 31.6 Å². The van der Waals surface area contributed by atoms with E-state index in [1.54, 1.807) is 28.8 Å². The third kappa shape index (κ3) is 8.52. The quantitative estimate of drug-likeness (QED) is 0.194. The summed E-state index contributed by atoms with van der Waals surface area (Å²) in [5.74, 6) is -0.144. The van der Waals surface area contributed by atoms with Crippen molar-refractivity contribution in [3.05, 3.63) is 48.5 Å². The molecule has 1 amide bonds. The van der Waals surface area contributed by atoms with Crippen LogP contribution in [0.3, 0.4) is 0 Å². The van der Waals surface area contributed by atoms with Gasteiger partial charge in [0.25, 0.3) is 5.91 Å². The fourth-order valence-electron chi connectivity index (χ4n) is 4.52. The minimum Gasteiger partial charge on any atom is -0.406 e. The second kappa shape index (κ2) is 15.5. The number of nitrogens with one attached hydrogen (secondary N) is 1. The molecule has 2 aromatic heterocycles. The number of nitrogens with zero attached hydrogens (tertiary/aromatic N) is 5. The van der Waals surface area contributed by atoms with E-state index < -0.39 is 47.7 Å². The van der Waals surface area contributed by atoms with Crippen LogP contribution in [0.15, 0.2) is 43.0 Å². The summed E-state index contributed by atoms with van der Waals surface area (Å²) in [6.07, 6.45) is -0.915. The number of carbonyl (C=O) groups is 1. The van der Waals surface area contributed by atoms with E-state index >= 15 is 0 Å². The van der Waals surface area contributed by atoms with Gasteiger partial charge in [0.1, 0.15) is 18.5 Å². The highest BCUT2D eigenvalue weighted by atomic mass is 31.1. The first-order chi connectivity index (χ1) is 20.8. The van der Waals surface area contributed by atoms with E-state index in [4.69, 9.17) is 13.7 Å². The van der Waals surface area contributed by atoms with Crippen LogP contribution in [-0.2, 0) is 18.3 Å². The Kier molecular flexibility index (Phi) is 12.6. The van der Waals surface area contributed by atoms with Gasteiger partial charge in [-0.05, 0) is 49.9 Å². The van der Waals surface area contributed by atoms with Crippen molar-refractivity contribution in [2.45, 2.75) is 84.2 Å². The van der Waals surface area contributed by atoms with Crippen LogP contribution in [0.5, 0.6) is 0 Å². The lowest BCUT2D eigenvalue weighted by atomic mass is 10.1. The summed E-state index contributed by atoms with van der Waals surface area (Å²) in [6, 6.07) is 8.70. The third-order valence-corrected chi connectivity index (χ3v) is 13.1. The molecular formula is C29H46N6O7PSi+. The summed E-state index contributed by atoms with van der Waals surface area (Å²) in [6.45, 7) is 19.9. The predicted molar refractivity (Wildman–Crippen MR) is 171 cm³/mol. The highest BCUT2D eigenvalue weighted by Crippen LogP contribution is 2.44. The fraction of sp³-hybridized carbons (Fsp3) is 0.586. The van der Waals surface area contributed by atoms with Crippen LogP contribution < -0.4 is 5.32 Å². The standard InChI is InChI=1S/C23H30N5O7PSi.C6H15N/c1-23(2,3)37(4,5)35-18-17(34-36(31)32)15(11-29)33-22(18)28-13-26-16-19(24-12-25-20(16)28)27-21(30)14-9-7-6-8-10-14;1-4-7(5-2)6-3/h6-10,12-13,15,17-18,22,29H,11H2,1-5H3,(H-,24,25,27,30,31,32);4-6H2,1-3H3/p+1/t15-,17-,18-,22-;/m1./s1. The van der Waals surface area contributed by atoms with E-state index in [-0.39, 0.29) is 16.8 Å². The van der Waals surface area contributed by atoms with E-state index in [9.17, 15) is 19.4 Å². The zero-order valence-electron chi connectivity index (χ0n) is 26.8. The zero-order valence-corrected chi connectivity index (χ0v) is 28.7. The lowest BCUT2D eigenvalue weighted by Gasteiger charge is -2.40. The van der Waals surface area contributed by atoms with Crippen LogP contribution in [0.2, 0.25) is 18.1 Å². The molecule has 1 unspecified atom stereocenters. The molecule has 1 fully saturated rings. The minimum atomic E-state index is -2.99. The van der Waals surface area contributed by atoms with E-state index in [1.807, 2.05) is 19.2 Å². The summed E-state index contributed by atoms with van der Waals surface area (Å²) in [7, 11) is -5.43. The van der Waals surface area contributed by atoms with Crippen LogP contribution in [0, 0.1) is 0 Å². The second-order valence-corrected chi connectivity index (χ2v) is 17.3. The van der Waals surface area contributed by atoms with Crippen molar-refractivity contribution >= 4 is 39.5 Å². The highest BCUT2D eigenvalue weighted by molar-refractivity contribution is 7.32. The Morgan fingerprint density at radius 1 is 1.09 bits per heavy atom. The monoisotopic (exact) mass is 649 g/mol. The number of imidazole rings is 1. The first-order valence-electron chi connectivity index (χ1n) is 14.8. The van der Waals surface area contributed by atoms with Crippen LogP contribution in [-0.4, -0.2) is 93.2 Å². The molecule has 5 atom stereocenters. The third-order valence-electron chi connectivity index (χ3n) is 8.16. The van der Waals surface area contributed by atoms with Gasteiger partial charge in [0, 0.05) is 10.1 Å². The predicted octanol–water partition coefficient (Wildman–Crippen LogP) is 4.74. The number of anilines is 1. The molecule has 0 saturated carbocycles. The molecule has 1 aliphatic rings. The summed E-state index contributed by atoms with van der Waals surface area (Å²) in [4.78, 5) is 37.6. The van der Waals surface area contributed by atoms with Crippen molar-refractivity contribution in [1.82, 2.24) is 24.4 Å². The fourth-order valence-corrected chi connectivity index (χ4v) is 6.27. The Morgan fingerprint density at radius 2 is 1.73 bits per heavy atom. The minimum absolute atomic E-state index is 0.186. The van der Waals surface area contributed by atoms with Crippen molar-refractivity contribution < 1.29 is 33.0 Å². The van der Waals surface area contributed by atoms with Crippen molar-refractivity contribution in [1.29, 1.82) is 0 Å². The Balaban J connectivity index is 0.000000676. The highest BCUT2D eigenvalue weighted by Gasteiger charge is 2.54. The van der Waals surface area contributed by atoms with Crippen LogP contribution in [0.4, 0.5) is 5.82 Å². The number of aliphatic hydroxyl groups is 1. The maximum atomic E-state index is 12.7. The molecule has 0 bridgehead atoms. The molecule has 1 aliphatic heterocycles. The van der Waals surface area contributed by atoms with Gasteiger partial charge in [-0.25, -0.2) is 15.0 Å². The van der Waals surface area contributed by atoms with Gasteiger partial charge in [0.05, 0.1) is 12.9 Å². The number of hydrogen-bond donors (Lipinski definition) is 3. The second-order valence-electron chi connectivity index (χ2n) is 11.9. The molecule has 3 heterocycles. The molecule has 242 valence electrons. The maximum Gasteiger partial charge on any atom is 0.695 e. The number of rotatable bonds is 11. The normalized spacial score (nSPS) is 20.8.